The number of hydrogen-bond donors (Lipinski definition) is 6. The molecule has 3 aromatic rings. The van der Waals surface area contributed by atoms with Gasteiger partial charge in [0.15, 0.2) is 5.78 Å². The standard InChI is InChI=1S/C29H26O12/c1-11-19-9-21-23(24(11)33)18(32)8-20(39-21)13-3-5-16(30)14(7-13)12-2-4-17(31)15(6-12)28(37)38-10-22-25(34)26(35)27(36)29(40-19)41-22/h2-7,9,20,22,25-27,29-31,33-36H,8,10H2,1H3/t20?,22-,25-,26+,27-,29-/m1/s1. The van der Waals surface area contributed by atoms with Crippen LogP contribution in [0.4, 0.5) is 0 Å². The van der Waals surface area contributed by atoms with Gasteiger partial charge in [-0.25, -0.2) is 4.79 Å². The number of ketones is 1. The smallest absolute Gasteiger partial charge is 0.342 e. The molecule has 9 bridgehead atoms. The molecule has 0 amide bonds. The molecule has 214 valence electrons. The van der Waals surface area contributed by atoms with Gasteiger partial charge < -0.3 is 49.6 Å². The highest BCUT2D eigenvalue weighted by Gasteiger charge is 2.46. The van der Waals surface area contributed by atoms with Crippen LogP contribution in [0.25, 0.3) is 11.1 Å². The predicted octanol–water partition coefficient (Wildman–Crippen LogP) is 1.84. The third kappa shape index (κ3) is 4.50. The van der Waals surface area contributed by atoms with Crippen molar-refractivity contribution in [2.75, 3.05) is 6.61 Å². The summed E-state index contributed by atoms with van der Waals surface area (Å²) in [6.45, 7) is 0.879. The molecule has 6 atom stereocenters. The molecular weight excluding hydrogens is 540 g/mol. The number of cyclic esters (lactones) is 1. The monoisotopic (exact) mass is 566 g/mol. The van der Waals surface area contributed by atoms with Crippen LogP contribution in [-0.2, 0) is 9.47 Å². The maximum absolute atomic E-state index is 13.2. The summed E-state index contributed by atoms with van der Waals surface area (Å²) in [5, 5.41) is 63.4. The molecule has 1 saturated heterocycles. The summed E-state index contributed by atoms with van der Waals surface area (Å²) in [5.74, 6) is -2.37. The molecule has 12 heteroatoms. The summed E-state index contributed by atoms with van der Waals surface area (Å²) >= 11 is 0. The molecule has 3 aromatic carbocycles. The van der Waals surface area contributed by atoms with E-state index in [1.165, 1.54) is 37.3 Å². The molecule has 0 aliphatic carbocycles. The first kappa shape index (κ1) is 26.8. The maximum Gasteiger partial charge on any atom is 0.342 e. The van der Waals surface area contributed by atoms with Crippen molar-refractivity contribution >= 4 is 11.8 Å². The Kier molecular flexibility index (Phi) is 6.50. The predicted molar refractivity (Wildman–Crippen MR) is 138 cm³/mol. The lowest BCUT2D eigenvalue weighted by Gasteiger charge is -2.40. The van der Waals surface area contributed by atoms with Gasteiger partial charge in [-0.1, -0.05) is 12.1 Å². The fourth-order valence-electron chi connectivity index (χ4n) is 5.22. The topological polar surface area (TPSA) is 192 Å². The first-order valence-electron chi connectivity index (χ1n) is 12.8. The summed E-state index contributed by atoms with van der Waals surface area (Å²) in [7, 11) is 0. The number of Topliss-reactive ketones (excluding diaryl/α,β-unsaturated/α-hetero) is 1. The molecule has 12 nitrogen and oxygen atoms in total. The minimum Gasteiger partial charge on any atom is -0.507 e. The van der Waals surface area contributed by atoms with Gasteiger partial charge in [0.1, 0.15) is 77.0 Å². The van der Waals surface area contributed by atoms with E-state index in [0.717, 1.165) is 0 Å². The Hall–Kier alpha value is -4.36. The number of esters is 1. The maximum atomic E-state index is 13.2. The van der Waals surface area contributed by atoms with Crippen LogP contribution in [0.2, 0.25) is 0 Å². The lowest BCUT2D eigenvalue weighted by atomic mass is 9.92. The summed E-state index contributed by atoms with van der Waals surface area (Å²) in [6.07, 6.45) is -9.09. The highest BCUT2D eigenvalue weighted by atomic mass is 16.7. The lowest BCUT2D eigenvalue weighted by Crippen LogP contribution is -2.60. The van der Waals surface area contributed by atoms with Crippen molar-refractivity contribution < 1.29 is 59.2 Å². The van der Waals surface area contributed by atoms with E-state index < -0.39 is 66.7 Å². The number of phenols is 3. The number of fused-ring (bicyclic) bond motifs is 10. The molecular formula is C29H26O12. The van der Waals surface area contributed by atoms with Gasteiger partial charge in [0.2, 0.25) is 6.29 Å². The molecule has 1 unspecified atom stereocenters. The van der Waals surface area contributed by atoms with Crippen LogP contribution in [0.15, 0.2) is 42.5 Å². The van der Waals surface area contributed by atoms with Gasteiger partial charge in [0.25, 0.3) is 0 Å². The molecule has 6 N–H and O–H groups in total. The fourth-order valence-corrected chi connectivity index (χ4v) is 5.22. The molecule has 1 fully saturated rings. The Morgan fingerprint density at radius 2 is 1.54 bits per heavy atom. The van der Waals surface area contributed by atoms with Crippen molar-refractivity contribution in [2.24, 2.45) is 0 Å². The normalized spacial score (nSPS) is 27.2. The minimum atomic E-state index is -1.76. The quantitative estimate of drug-likeness (QED) is 0.217. The number of rotatable bonds is 0. The molecule has 3 aliphatic heterocycles. The zero-order valence-corrected chi connectivity index (χ0v) is 21.6. The fraction of sp³-hybridized carbons (Fsp3) is 0.310. The van der Waals surface area contributed by atoms with E-state index in [1.54, 1.807) is 12.1 Å². The van der Waals surface area contributed by atoms with E-state index in [-0.39, 0.29) is 45.9 Å². The second kappa shape index (κ2) is 9.93. The van der Waals surface area contributed by atoms with Crippen molar-refractivity contribution in [2.45, 2.75) is 50.2 Å². The van der Waals surface area contributed by atoms with Gasteiger partial charge in [-0.05, 0) is 42.3 Å². The van der Waals surface area contributed by atoms with E-state index in [9.17, 15) is 40.2 Å². The highest BCUT2D eigenvalue weighted by molar-refractivity contribution is 6.03. The van der Waals surface area contributed by atoms with Gasteiger partial charge in [0.05, 0.1) is 6.42 Å². The first-order valence-corrected chi connectivity index (χ1v) is 12.8. The number of ether oxygens (including phenoxy) is 4. The van der Waals surface area contributed by atoms with Crippen molar-refractivity contribution in [1.29, 1.82) is 0 Å². The van der Waals surface area contributed by atoms with E-state index >= 15 is 0 Å². The Labute approximate surface area is 232 Å². The van der Waals surface area contributed by atoms with E-state index in [0.29, 0.717) is 11.1 Å². The first-order chi connectivity index (χ1) is 19.5. The molecule has 0 aromatic heterocycles. The number of hydrogen-bond acceptors (Lipinski definition) is 12. The van der Waals surface area contributed by atoms with Crippen molar-refractivity contribution in [3.05, 3.63) is 64.7 Å². The number of aromatic hydroxyl groups is 3. The van der Waals surface area contributed by atoms with Gasteiger partial charge in [-0.15, -0.1) is 0 Å². The Balaban J connectivity index is 1.51. The van der Waals surface area contributed by atoms with Gasteiger partial charge in [-0.2, -0.15) is 0 Å². The van der Waals surface area contributed by atoms with Gasteiger partial charge in [0, 0.05) is 17.2 Å². The summed E-state index contributed by atoms with van der Waals surface area (Å²) in [4.78, 5) is 26.1. The van der Waals surface area contributed by atoms with E-state index in [2.05, 4.69) is 0 Å². The second-order valence-electron chi connectivity index (χ2n) is 10.2. The molecule has 0 spiro atoms. The van der Waals surface area contributed by atoms with Gasteiger partial charge in [-0.3, -0.25) is 4.79 Å². The van der Waals surface area contributed by atoms with Crippen LogP contribution in [-0.4, -0.2) is 79.7 Å². The van der Waals surface area contributed by atoms with E-state index in [4.69, 9.17) is 18.9 Å². The van der Waals surface area contributed by atoms with Crippen LogP contribution >= 0.6 is 0 Å². The van der Waals surface area contributed by atoms with Crippen LogP contribution in [0.5, 0.6) is 28.7 Å². The van der Waals surface area contributed by atoms with Crippen LogP contribution in [0, 0.1) is 6.92 Å². The SMILES string of the molecule is Cc1c2cc3c(c1O)C(=O)CC(O3)c1ccc(O)c(c1)-c1ccc(O)c(c1)C(=O)OC[C@H]1O[C@@H](O2)[C@H](O)[C@@H](O)[C@@H]1O. The van der Waals surface area contributed by atoms with Crippen LogP contribution in [0.1, 0.15) is 44.4 Å². The van der Waals surface area contributed by atoms with Crippen molar-refractivity contribution in [1.82, 2.24) is 0 Å². The lowest BCUT2D eigenvalue weighted by molar-refractivity contribution is -0.277. The Morgan fingerprint density at radius 1 is 0.805 bits per heavy atom. The summed E-state index contributed by atoms with van der Waals surface area (Å²) < 4.78 is 22.8. The summed E-state index contributed by atoms with van der Waals surface area (Å²) in [5.41, 5.74) is 0.961. The number of aliphatic hydroxyl groups is 3. The highest BCUT2D eigenvalue weighted by Crippen LogP contribution is 2.46. The molecule has 6 rings (SSSR count). The number of benzene rings is 3. The minimum absolute atomic E-state index is 0.00312. The Morgan fingerprint density at radius 3 is 2.32 bits per heavy atom. The number of carbonyl (C=O) groups is 2. The number of carbonyl (C=O) groups excluding carboxylic acids is 2. The van der Waals surface area contributed by atoms with Crippen molar-refractivity contribution in [3.8, 4) is 39.9 Å². The van der Waals surface area contributed by atoms with E-state index in [1.807, 2.05) is 0 Å². The average molecular weight is 567 g/mol. The third-order valence-corrected chi connectivity index (χ3v) is 7.60. The zero-order valence-electron chi connectivity index (χ0n) is 21.6. The molecule has 3 aliphatic rings. The average Bonchev–Trinajstić information content (AvgIpc) is 2.95. The van der Waals surface area contributed by atoms with Crippen molar-refractivity contribution in [3.63, 3.8) is 0 Å². The molecule has 3 heterocycles. The van der Waals surface area contributed by atoms with Crippen LogP contribution in [0.3, 0.4) is 0 Å². The molecule has 41 heavy (non-hydrogen) atoms. The molecule has 0 radical (unpaired) electrons. The van der Waals surface area contributed by atoms with Gasteiger partial charge >= 0.3 is 5.97 Å². The number of phenolic OH excluding ortho intramolecular Hbond substituents is 3. The largest absolute Gasteiger partial charge is 0.507 e. The third-order valence-electron chi connectivity index (χ3n) is 7.60. The Bertz CT molecular complexity index is 1570. The van der Waals surface area contributed by atoms with Crippen LogP contribution < -0.4 is 9.47 Å². The molecule has 0 saturated carbocycles. The zero-order chi connectivity index (χ0) is 29.2. The second-order valence-corrected chi connectivity index (χ2v) is 10.2. The summed E-state index contributed by atoms with van der Waals surface area (Å²) in [6, 6.07) is 9.94. The number of aliphatic hydroxyl groups excluding tert-OH is 3.